The maximum absolute atomic E-state index is 8.24. The van der Waals surface area contributed by atoms with Crippen LogP contribution in [0.5, 0.6) is 0 Å². The first-order valence-electron chi connectivity index (χ1n) is 23.1. The molecule has 10 nitrogen and oxygen atoms in total. The van der Waals surface area contributed by atoms with Crippen LogP contribution < -0.4 is 5.32 Å². The molecule has 0 spiro atoms. The van der Waals surface area contributed by atoms with E-state index in [4.69, 9.17) is 33.8 Å². The molecular weight excluding hydrogens is 773 g/mol. The van der Waals surface area contributed by atoms with E-state index in [1.807, 2.05) is 0 Å². The van der Waals surface area contributed by atoms with Crippen LogP contribution in [0.3, 0.4) is 0 Å². The fourth-order valence-corrected chi connectivity index (χ4v) is 17.2. The summed E-state index contributed by atoms with van der Waals surface area (Å²) in [7, 11) is -4.04. The van der Waals surface area contributed by atoms with Gasteiger partial charge < -0.3 is 14.2 Å². The van der Waals surface area contributed by atoms with Crippen molar-refractivity contribution in [1.29, 1.82) is 0 Å². The van der Waals surface area contributed by atoms with Crippen molar-refractivity contribution in [3.63, 3.8) is 0 Å². The van der Waals surface area contributed by atoms with Crippen molar-refractivity contribution in [3.8, 4) is 0 Å². The average molecular weight is 823 g/mol. The molecule has 2 atom stereocenters. The molecule has 0 saturated heterocycles. The Kier molecular flexibility index (Phi) is 7.62. The predicted molar refractivity (Wildman–Crippen MR) is 242 cm³/mol. The lowest BCUT2D eigenvalue weighted by Crippen LogP contribution is -2.68. The molecule has 6 heterocycles. The van der Waals surface area contributed by atoms with Crippen molar-refractivity contribution in [2.45, 2.75) is 89.6 Å². The second kappa shape index (κ2) is 13.1. The summed E-state index contributed by atoms with van der Waals surface area (Å²) in [6.07, 6.45) is 19.8. The Morgan fingerprint density at radius 2 is 1.38 bits per heavy atom. The van der Waals surface area contributed by atoms with Crippen molar-refractivity contribution in [2.75, 3.05) is 13.2 Å². The molecule has 5 aliphatic heterocycles. The van der Waals surface area contributed by atoms with E-state index in [0.717, 1.165) is 117 Å². The van der Waals surface area contributed by atoms with Gasteiger partial charge in [0.15, 0.2) is 17.5 Å². The summed E-state index contributed by atoms with van der Waals surface area (Å²) in [5, 5.41) is 6.08. The van der Waals surface area contributed by atoms with Crippen LogP contribution in [0.25, 0.3) is 10.8 Å². The third kappa shape index (κ3) is 5.23. The largest absolute Gasteiger partial charge is 0.599 e. The summed E-state index contributed by atoms with van der Waals surface area (Å²) in [5.41, 5.74) is 6.53. The minimum absolute atomic E-state index is 0.112. The molecule has 5 saturated carbocycles. The summed E-state index contributed by atoms with van der Waals surface area (Å²) >= 11 is 0. The number of benzene rings is 3. The first-order valence-corrected chi connectivity index (χ1v) is 24.8. The maximum Gasteiger partial charge on any atom is 0.599 e. The molecule has 15 rings (SSSR count). The highest BCUT2D eigenvalue weighted by atomic mass is 28.4. The number of rotatable bonds is 6. The van der Waals surface area contributed by atoms with Crippen LogP contribution >= 0.6 is 0 Å². The number of amidine groups is 5. The minimum atomic E-state index is -4.04. The van der Waals surface area contributed by atoms with E-state index < -0.39 is 15.0 Å². The van der Waals surface area contributed by atoms with Crippen LogP contribution in [0.15, 0.2) is 121 Å². The monoisotopic (exact) mass is 822 g/mol. The molecule has 306 valence electrons. The average Bonchev–Trinajstić information content (AvgIpc) is 4.00. The number of hydrogen-bond donors (Lipinski definition) is 1. The molecule has 3 aromatic carbocycles. The van der Waals surface area contributed by atoms with Gasteiger partial charge in [-0.15, -0.1) is 0 Å². The van der Waals surface area contributed by atoms with Crippen LogP contribution in [0.1, 0.15) is 112 Å². The first kappa shape index (κ1) is 35.4. The number of nitrogens with zero attached hydrogens (tertiary/aromatic N) is 7. The van der Waals surface area contributed by atoms with E-state index in [0.29, 0.717) is 30.8 Å². The summed E-state index contributed by atoms with van der Waals surface area (Å²) in [5.74, 6) is 8.11. The molecule has 0 amide bonds. The Hall–Kier alpha value is -5.23. The van der Waals surface area contributed by atoms with E-state index in [1.54, 1.807) is 0 Å². The van der Waals surface area contributed by atoms with Crippen molar-refractivity contribution >= 4 is 60.5 Å². The number of allylic oxidation sites excluding steroid dienone is 1. The van der Waals surface area contributed by atoms with Crippen molar-refractivity contribution in [3.05, 3.63) is 118 Å². The van der Waals surface area contributed by atoms with E-state index in [9.17, 15) is 0 Å². The van der Waals surface area contributed by atoms with E-state index in [1.165, 1.54) is 57.8 Å². The summed E-state index contributed by atoms with van der Waals surface area (Å²) < 4.78 is 21.1. The highest BCUT2D eigenvalue weighted by Crippen LogP contribution is 2.61. The summed E-state index contributed by atoms with van der Waals surface area (Å²) in [6, 6.07) is 25.9. The molecule has 2 unspecified atom stereocenters. The van der Waals surface area contributed by atoms with Gasteiger partial charge in [0.1, 0.15) is 29.5 Å². The zero-order valence-corrected chi connectivity index (χ0v) is 35.5. The quantitative estimate of drug-likeness (QED) is 0.196. The SMILES string of the molecule is C1=CC2=C(CC1)/C1=N/c3c4ccccc4c4n3[Si](OCC3CCCCC3)(OCC35CC6CC(CC(C6)C3)C5)N3/C(=N\C2=N1)c1ccccc1C3NC1=N/C(=N\4)c2ccccc21. The Morgan fingerprint density at radius 1 is 0.689 bits per heavy atom. The smallest absolute Gasteiger partial charge is 0.361 e. The Morgan fingerprint density at radius 3 is 2.15 bits per heavy atom. The fourth-order valence-electron chi connectivity index (χ4n) is 13.5. The molecule has 5 fully saturated rings. The van der Waals surface area contributed by atoms with Gasteiger partial charge >= 0.3 is 8.88 Å². The molecule has 4 aromatic rings. The van der Waals surface area contributed by atoms with Crippen LogP contribution in [0.2, 0.25) is 0 Å². The van der Waals surface area contributed by atoms with Gasteiger partial charge in [0, 0.05) is 57.4 Å². The lowest BCUT2D eigenvalue weighted by Gasteiger charge is -2.57. The van der Waals surface area contributed by atoms with Gasteiger partial charge in [-0.3, -0.25) is 8.80 Å². The van der Waals surface area contributed by atoms with Gasteiger partial charge in [-0.2, -0.15) is 0 Å². The van der Waals surface area contributed by atoms with Crippen LogP contribution in [0.4, 0.5) is 11.6 Å². The molecule has 11 aliphatic rings. The third-order valence-electron chi connectivity index (χ3n) is 15.8. The second-order valence-corrected chi connectivity index (χ2v) is 22.3. The summed E-state index contributed by atoms with van der Waals surface area (Å²) in [6.45, 7) is 1.24. The molecule has 61 heavy (non-hydrogen) atoms. The second-order valence-electron chi connectivity index (χ2n) is 19.7. The predicted octanol–water partition coefficient (Wildman–Crippen LogP) is 10.1. The molecule has 1 aromatic heterocycles. The van der Waals surface area contributed by atoms with Gasteiger partial charge in [-0.1, -0.05) is 104 Å². The maximum atomic E-state index is 8.24. The molecule has 10 bridgehead atoms. The summed E-state index contributed by atoms with van der Waals surface area (Å²) in [4.78, 5) is 27.9. The standard InChI is InChI=1S/C50H50N8O2Si/c1-2-12-30(13-3-1)28-59-61(60-29-50-25-31-22-32(26-50)24-33(23-31)27-50)57-46-38-18-8-9-19-39(38)48(57)55-44-36-16-6-7-17-37(36)45(52-44)56-49-41-21-11-10-20-40(41)47(58(49)61)54-43-35-15-5-4-14-34(35)42(51-43)53-46/h4-6,8-11,14-16,18-21,30-33,46H,1-3,7,12-13,17,22-29H2,(H,51,53,54)/b55-48-,56-45-. The lowest BCUT2D eigenvalue weighted by molar-refractivity contribution is -0.0854. The van der Waals surface area contributed by atoms with Gasteiger partial charge in [0.2, 0.25) is 0 Å². The highest BCUT2D eigenvalue weighted by molar-refractivity contribution is 6.68. The third-order valence-corrected chi connectivity index (χ3v) is 18.9. The number of aromatic nitrogens is 1. The zero-order valence-electron chi connectivity index (χ0n) is 34.5. The van der Waals surface area contributed by atoms with Crippen LogP contribution in [-0.4, -0.2) is 60.1 Å². The van der Waals surface area contributed by atoms with E-state index in [-0.39, 0.29) is 5.41 Å². The minimum Gasteiger partial charge on any atom is -0.361 e. The Balaban J connectivity index is 1.10. The van der Waals surface area contributed by atoms with Crippen molar-refractivity contribution in [1.82, 2.24) is 14.1 Å². The van der Waals surface area contributed by atoms with Crippen LogP contribution in [-0.2, 0) is 8.85 Å². The number of aliphatic imine (C=N–C) groups is 5. The molecule has 11 heteroatoms. The molecule has 1 N–H and O–H groups in total. The van der Waals surface area contributed by atoms with Crippen molar-refractivity contribution < 1.29 is 8.85 Å². The number of nitrogens with one attached hydrogen (secondary N) is 1. The normalized spacial score (nSPS) is 33.8. The zero-order chi connectivity index (χ0) is 39.9. The fraction of sp³-hybridized carbons (Fsp3) is 0.420. The van der Waals surface area contributed by atoms with E-state index >= 15 is 0 Å². The number of hydrogen-bond acceptors (Lipinski definition) is 9. The number of fused-ring (bicyclic) bond motifs is 13. The van der Waals surface area contributed by atoms with Gasteiger partial charge in [0.05, 0.1) is 0 Å². The molecule has 6 aliphatic carbocycles. The topological polar surface area (TPSA) is 100 Å². The Labute approximate surface area is 357 Å². The first-order chi connectivity index (χ1) is 30.1. The van der Waals surface area contributed by atoms with Crippen molar-refractivity contribution in [2.24, 2.45) is 54.0 Å². The van der Waals surface area contributed by atoms with Crippen LogP contribution in [0, 0.1) is 29.1 Å². The molecular formula is C50H50N8O2Si. The van der Waals surface area contributed by atoms with Gasteiger partial charge in [0.25, 0.3) is 0 Å². The lowest BCUT2D eigenvalue weighted by atomic mass is 9.50. The van der Waals surface area contributed by atoms with Gasteiger partial charge in [-0.25, -0.2) is 25.0 Å². The van der Waals surface area contributed by atoms with E-state index in [2.05, 4.69) is 99.1 Å². The highest BCUT2D eigenvalue weighted by Gasteiger charge is 2.63. The Bertz CT molecular complexity index is 2770. The molecule has 0 radical (unpaired) electrons. The van der Waals surface area contributed by atoms with Gasteiger partial charge in [-0.05, 0) is 93.3 Å².